The lowest BCUT2D eigenvalue weighted by atomic mass is 10.1. The number of nitrogens with one attached hydrogen (secondary N) is 1. The minimum atomic E-state index is -0.0325. The lowest BCUT2D eigenvalue weighted by molar-refractivity contribution is -0.116. The number of nitrogens with zero attached hydrogens (tertiary/aromatic N) is 3. The van der Waals surface area contributed by atoms with Gasteiger partial charge >= 0.3 is 0 Å². The van der Waals surface area contributed by atoms with Gasteiger partial charge in [-0.1, -0.05) is 18.2 Å². The molecule has 2 aromatic carbocycles. The van der Waals surface area contributed by atoms with Gasteiger partial charge in [0.25, 0.3) is 0 Å². The summed E-state index contributed by atoms with van der Waals surface area (Å²) in [5.74, 6) is 0.665. The maximum Gasteiger partial charge on any atom is 0.224 e. The van der Waals surface area contributed by atoms with Crippen LogP contribution in [-0.4, -0.2) is 20.7 Å². The summed E-state index contributed by atoms with van der Waals surface area (Å²) in [6.07, 6.45) is 7.83. The molecule has 0 unspecified atom stereocenters. The quantitative estimate of drug-likeness (QED) is 0.563. The molecule has 4 aromatic rings. The van der Waals surface area contributed by atoms with Gasteiger partial charge in [0.1, 0.15) is 0 Å². The van der Waals surface area contributed by atoms with E-state index in [9.17, 15) is 4.79 Å². The van der Waals surface area contributed by atoms with Crippen LogP contribution in [0.25, 0.3) is 17.0 Å². The Balaban J connectivity index is 1.32. The number of rotatable bonds is 6. The second kappa shape index (κ2) is 7.70. The fourth-order valence-corrected chi connectivity index (χ4v) is 2.77. The lowest BCUT2D eigenvalue weighted by Crippen LogP contribution is -2.12. The molecule has 134 valence electrons. The third-order valence-electron chi connectivity index (χ3n) is 4.18. The summed E-state index contributed by atoms with van der Waals surface area (Å²) >= 11 is 0. The van der Waals surface area contributed by atoms with Crippen LogP contribution >= 0.6 is 0 Å². The second-order valence-electron chi connectivity index (χ2n) is 6.12. The highest BCUT2D eigenvalue weighted by molar-refractivity contribution is 5.91. The molecule has 1 amide bonds. The molecule has 0 aliphatic carbocycles. The van der Waals surface area contributed by atoms with Crippen molar-refractivity contribution in [3.8, 4) is 17.0 Å². The predicted molar refractivity (Wildman–Crippen MR) is 102 cm³/mol. The normalized spacial score (nSPS) is 10.7. The Kier molecular flexibility index (Phi) is 4.78. The monoisotopic (exact) mass is 358 g/mol. The van der Waals surface area contributed by atoms with E-state index in [0.29, 0.717) is 18.6 Å². The maximum absolute atomic E-state index is 12.2. The molecule has 6 nitrogen and oxygen atoms in total. The largest absolute Gasteiger partial charge is 0.444 e. The standard InChI is InChI=1S/C21H18N4O2/c26-21(24-18-9-7-17(8-10-18)20-13-22-15-27-20)11-6-16-12-23-25(14-16)19-4-2-1-3-5-19/h1-5,7-10,12-15H,6,11H2,(H,24,26). The van der Waals surface area contributed by atoms with E-state index in [1.165, 1.54) is 6.39 Å². The Morgan fingerprint density at radius 1 is 1.04 bits per heavy atom. The van der Waals surface area contributed by atoms with E-state index in [-0.39, 0.29) is 5.91 Å². The third-order valence-corrected chi connectivity index (χ3v) is 4.18. The maximum atomic E-state index is 12.2. The zero-order valence-electron chi connectivity index (χ0n) is 14.6. The second-order valence-corrected chi connectivity index (χ2v) is 6.12. The van der Waals surface area contributed by atoms with Crippen LogP contribution < -0.4 is 5.32 Å². The number of carbonyl (C=O) groups excluding carboxylic acids is 1. The number of benzene rings is 2. The molecule has 0 bridgehead atoms. The highest BCUT2D eigenvalue weighted by Crippen LogP contribution is 2.21. The molecule has 2 aromatic heterocycles. The van der Waals surface area contributed by atoms with Crippen LogP contribution in [0.15, 0.2) is 84.0 Å². The highest BCUT2D eigenvalue weighted by atomic mass is 16.3. The van der Waals surface area contributed by atoms with Crippen molar-refractivity contribution in [2.75, 3.05) is 5.32 Å². The van der Waals surface area contributed by atoms with Crippen molar-refractivity contribution < 1.29 is 9.21 Å². The Morgan fingerprint density at radius 2 is 1.85 bits per heavy atom. The van der Waals surface area contributed by atoms with Crippen molar-refractivity contribution in [3.63, 3.8) is 0 Å². The molecule has 0 fully saturated rings. The van der Waals surface area contributed by atoms with Gasteiger partial charge in [0.05, 0.1) is 18.1 Å². The predicted octanol–water partition coefficient (Wildman–Crippen LogP) is 4.10. The summed E-state index contributed by atoms with van der Waals surface area (Å²) in [7, 11) is 0. The Morgan fingerprint density at radius 3 is 2.59 bits per heavy atom. The van der Waals surface area contributed by atoms with E-state index in [0.717, 1.165) is 22.5 Å². The summed E-state index contributed by atoms with van der Waals surface area (Å²) < 4.78 is 7.07. The van der Waals surface area contributed by atoms with E-state index >= 15 is 0 Å². The van der Waals surface area contributed by atoms with Gasteiger partial charge in [-0.25, -0.2) is 9.67 Å². The number of carbonyl (C=O) groups is 1. The zero-order valence-corrected chi connectivity index (χ0v) is 14.6. The van der Waals surface area contributed by atoms with Crippen LogP contribution in [0.2, 0.25) is 0 Å². The first-order valence-electron chi connectivity index (χ1n) is 8.66. The van der Waals surface area contributed by atoms with Crippen molar-refractivity contribution in [2.24, 2.45) is 0 Å². The number of anilines is 1. The SMILES string of the molecule is O=C(CCc1cnn(-c2ccccc2)c1)Nc1ccc(-c2cnco2)cc1. The van der Waals surface area contributed by atoms with Crippen LogP contribution in [-0.2, 0) is 11.2 Å². The molecule has 27 heavy (non-hydrogen) atoms. The van der Waals surface area contributed by atoms with Crippen molar-refractivity contribution >= 4 is 11.6 Å². The summed E-state index contributed by atoms with van der Waals surface area (Å²) in [6, 6.07) is 17.4. The Labute approximate surface area is 156 Å². The van der Waals surface area contributed by atoms with Crippen LogP contribution in [0.3, 0.4) is 0 Å². The van der Waals surface area contributed by atoms with Gasteiger partial charge in [-0.2, -0.15) is 5.10 Å². The number of oxazole rings is 1. The van der Waals surface area contributed by atoms with E-state index in [2.05, 4.69) is 15.4 Å². The number of para-hydroxylation sites is 1. The minimum absolute atomic E-state index is 0.0325. The van der Waals surface area contributed by atoms with Crippen LogP contribution in [0.1, 0.15) is 12.0 Å². The first-order valence-corrected chi connectivity index (χ1v) is 8.66. The fraction of sp³-hybridized carbons (Fsp3) is 0.0952. The Bertz CT molecular complexity index is 1010. The van der Waals surface area contributed by atoms with Gasteiger partial charge in [0, 0.05) is 23.9 Å². The summed E-state index contributed by atoms with van der Waals surface area (Å²) in [5.41, 5.74) is 3.69. The molecule has 0 radical (unpaired) electrons. The molecule has 0 spiro atoms. The molecule has 6 heteroatoms. The van der Waals surface area contributed by atoms with Gasteiger partial charge in [-0.05, 0) is 48.4 Å². The molecule has 0 saturated heterocycles. The Hall–Kier alpha value is -3.67. The van der Waals surface area contributed by atoms with E-state index in [1.807, 2.05) is 65.5 Å². The molecule has 0 atom stereocenters. The van der Waals surface area contributed by atoms with Gasteiger partial charge in [0.2, 0.25) is 5.91 Å². The van der Waals surface area contributed by atoms with Crippen LogP contribution in [0.4, 0.5) is 5.69 Å². The average Bonchev–Trinajstić information content (AvgIpc) is 3.40. The minimum Gasteiger partial charge on any atom is -0.444 e. The number of aromatic nitrogens is 3. The smallest absolute Gasteiger partial charge is 0.224 e. The number of hydrogen-bond acceptors (Lipinski definition) is 4. The van der Waals surface area contributed by atoms with Gasteiger partial charge < -0.3 is 9.73 Å². The van der Waals surface area contributed by atoms with Crippen LogP contribution in [0.5, 0.6) is 0 Å². The summed E-state index contributed by atoms with van der Waals surface area (Å²) in [4.78, 5) is 16.1. The van der Waals surface area contributed by atoms with Crippen molar-refractivity contribution in [1.82, 2.24) is 14.8 Å². The molecule has 0 saturated carbocycles. The first-order chi connectivity index (χ1) is 13.3. The van der Waals surface area contributed by atoms with E-state index < -0.39 is 0 Å². The average molecular weight is 358 g/mol. The molecule has 0 aliphatic rings. The van der Waals surface area contributed by atoms with Crippen LogP contribution in [0, 0.1) is 0 Å². The van der Waals surface area contributed by atoms with Crippen molar-refractivity contribution in [2.45, 2.75) is 12.8 Å². The van der Waals surface area contributed by atoms with Gasteiger partial charge in [0.15, 0.2) is 12.2 Å². The summed E-state index contributed by atoms with van der Waals surface area (Å²) in [5, 5.41) is 7.26. The van der Waals surface area contributed by atoms with E-state index in [1.54, 1.807) is 12.4 Å². The molecule has 4 rings (SSSR count). The van der Waals surface area contributed by atoms with Crippen molar-refractivity contribution in [3.05, 3.63) is 85.1 Å². The number of amides is 1. The molecular weight excluding hydrogens is 340 g/mol. The fourth-order valence-electron chi connectivity index (χ4n) is 2.77. The first kappa shape index (κ1) is 16.8. The van der Waals surface area contributed by atoms with Gasteiger partial charge in [-0.3, -0.25) is 4.79 Å². The van der Waals surface area contributed by atoms with Gasteiger partial charge in [-0.15, -0.1) is 0 Å². The third kappa shape index (κ3) is 4.12. The molecular formula is C21H18N4O2. The highest BCUT2D eigenvalue weighted by Gasteiger charge is 2.07. The lowest BCUT2D eigenvalue weighted by Gasteiger charge is -2.05. The molecule has 1 N–H and O–H groups in total. The van der Waals surface area contributed by atoms with Crippen molar-refractivity contribution in [1.29, 1.82) is 0 Å². The number of aryl methyl sites for hydroxylation is 1. The molecule has 2 heterocycles. The van der Waals surface area contributed by atoms with E-state index in [4.69, 9.17) is 4.42 Å². The number of hydrogen-bond donors (Lipinski definition) is 1. The zero-order chi connectivity index (χ0) is 18.5. The topological polar surface area (TPSA) is 73.0 Å². The molecule has 0 aliphatic heterocycles. The summed E-state index contributed by atoms with van der Waals surface area (Å²) in [6.45, 7) is 0.